The molecular formula is C15H15BrN2O5S. The summed E-state index contributed by atoms with van der Waals surface area (Å²) < 4.78 is 11.1. The number of amides is 1. The van der Waals surface area contributed by atoms with Gasteiger partial charge in [-0.3, -0.25) is 14.7 Å². The number of benzene rings is 1. The van der Waals surface area contributed by atoms with E-state index in [1.807, 2.05) is 0 Å². The number of halogens is 1. The van der Waals surface area contributed by atoms with Crippen LogP contribution in [-0.4, -0.2) is 54.9 Å². The van der Waals surface area contributed by atoms with Crippen molar-refractivity contribution in [1.29, 1.82) is 0 Å². The van der Waals surface area contributed by atoms with Gasteiger partial charge in [-0.25, -0.2) is 4.79 Å². The Bertz CT molecular complexity index is 748. The van der Waals surface area contributed by atoms with Gasteiger partial charge in [-0.1, -0.05) is 15.9 Å². The third-order valence-electron chi connectivity index (χ3n) is 3.12. The second-order valence-corrected chi connectivity index (χ2v) is 6.55. The topological polar surface area (TPSA) is 88.4 Å². The maximum absolute atomic E-state index is 12.2. The van der Waals surface area contributed by atoms with Crippen LogP contribution in [0.1, 0.15) is 5.56 Å². The fourth-order valence-electron chi connectivity index (χ4n) is 1.96. The Kier molecular flexibility index (Phi) is 5.89. The minimum absolute atomic E-state index is 0.141. The zero-order valence-electron chi connectivity index (χ0n) is 13.2. The normalized spacial score (nSPS) is 17.7. The summed E-state index contributed by atoms with van der Waals surface area (Å²) >= 11 is 4.68. The Morgan fingerprint density at radius 3 is 2.71 bits per heavy atom. The molecule has 1 fully saturated rings. The number of carbonyl (C=O) groups excluding carboxylic acids is 1. The molecule has 24 heavy (non-hydrogen) atoms. The van der Waals surface area contributed by atoms with E-state index in [-0.39, 0.29) is 5.91 Å². The highest BCUT2D eigenvalue weighted by Crippen LogP contribution is 2.37. The van der Waals surface area contributed by atoms with Crippen molar-refractivity contribution in [3.8, 4) is 11.5 Å². The summed E-state index contributed by atoms with van der Waals surface area (Å²) in [4.78, 5) is 28.9. The number of methoxy groups -OCH3 is 1. The van der Waals surface area contributed by atoms with E-state index >= 15 is 0 Å². The molecule has 1 amide bonds. The largest absolute Gasteiger partial charge is 0.493 e. The fourth-order valence-corrected chi connectivity index (χ4v) is 3.32. The van der Waals surface area contributed by atoms with Crippen LogP contribution in [0.5, 0.6) is 11.5 Å². The molecule has 1 N–H and O–H groups in total. The molecule has 0 saturated carbocycles. The molecule has 1 heterocycles. The van der Waals surface area contributed by atoms with Gasteiger partial charge in [0.15, 0.2) is 23.3 Å². The van der Waals surface area contributed by atoms with Crippen molar-refractivity contribution in [2.24, 2.45) is 4.99 Å². The summed E-state index contributed by atoms with van der Waals surface area (Å²) in [6.07, 6.45) is 1.72. The minimum Gasteiger partial charge on any atom is -0.493 e. The lowest BCUT2D eigenvalue weighted by Gasteiger charge is -2.11. The molecule has 9 heteroatoms. The van der Waals surface area contributed by atoms with Crippen molar-refractivity contribution >= 4 is 50.8 Å². The average molecular weight is 415 g/mol. The molecule has 0 unspecified atom stereocenters. The first-order chi connectivity index (χ1) is 11.4. The number of likely N-dealkylation sites (N-methyl/N-ethyl adjacent to an activating group) is 1. The third-order valence-corrected chi connectivity index (χ3v) is 4.95. The Balaban J connectivity index is 2.36. The summed E-state index contributed by atoms with van der Waals surface area (Å²) in [7, 11) is 4.75. The molecule has 1 aromatic carbocycles. The number of aliphatic imine (C=N–C) groups is 1. The van der Waals surface area contributed by atoms with E-state index in [0.29, 0.717) is 31.6 Å². The summed E-state index contributed by atoms with van der Waals surface area (Å²) in [5.74, 6) is -0.550. The van der Waals surface area contributed by atoms with Gasteiger partial charge in [0.1, 0.15) is 0 Å². The predicted molar refractivity (Wildman–Crippen MR) is 95.5 cm³/mol. The predicted octanol–water partition coefficient (Wildman–Crippen LogP) is 2.45. The van der Waals surface area contributed by atoms with Crippen LogP contribution < -0.4 is 9.47 Å². The molecule has 0 spiro atoms. The lowest BCUT2D eigenvalue weighted by atomic mass is 10.2. The lowest BCUT2D eigenvalue weighted by molar-refractivity contribution is -0.139. The van der Waals surface area contributed by atoms with Crippen LogP contribution in [0.25, 0.3) is 6.08 Å². The highest BCUT2D eigenvalue weighted by molar-refractivity contribution is 9.10. The second-order valence-electron chi connectivity index (χ2n) is 4.69. The number of hydrogen-bond donors (Lipinski definition) is 1. The smallest absolute Gasteiger partial charge is 0.341 e. The molecule has 0 atom stereocenters. The molecule has 1 aromatic rings. The molecule has 2 rings (SSSR count). The van der Waals surface area contributed by atoms with Gasteiger partial charge in [0.05, 0.1) is 12.0 Å². The van der Waals surface area contributed by atoms with Crippen molar-refractivity contribution < 1.29 is 24.2 Å². The van der Waals surface area contributed by atoms with E-state index in [1.54, 1.807) is 32.3 Å². The Morgan fingerprint density at radius 1 is 1.46 bits per heavy atom. The van der Waals surface area contributed by atoms with Gasteiger partial charge < -0.3 is 14.6 Å². The second kappa shape index (κ2) is 7.71. The average Bonchev–Trinajstić information content (AvgIpc) is 2.82. The third kappa shape index (κ3) is 3.90. The van der Waals surface area contributed by atoms with E-state index in [4.69, 9.17) is 14.6 Å². The van der Waals surface area contributed by atoms with Crippen LogP contribution in [0, 0.1) is 0 Å². The van der Waals surface area contributed by atoms with Crippen LogP contribution >= 0.6 is 27.7 Å². The standard InChI is InChI=1S/C15H15BrN2O5S/c1-17-15-18(2)14(21)12(24-15)5-8-4-10(22-3)11(6-9(8)16)23-7-13(19)20/h4-6H,7H2,1-3H3,(H,19,20)/b12-5+,17-15?. The molecular weight excluding hydrogens is 400 g/mol. The highest BCUT2D eigenvalue weighted by Gasteiger charge is 2.30. The number of carboxylic acids is 1. The molecule has 0 radical (unpaired) electrons. The van der Waals surface area contributed by atoms with Gasteiger partial charge in [-0.05, 0) is 35.5 Å². The van der Waals surface area contributed by atoms with E-state index in [0.717, 1.165) is 0 Å². The van der Waals surface area contributed by atoms with Gasteiger partial charge in [0.2, 0.25) is 0 Å². The first-order valence-corrected chi connectivity index (χ1v) is 8.34. The van der Waals surface area contributed by atoms with E-state index in [1.165, 1.54) is 23.8 Å². The van der Waals surface area contributed by atoms with Gasteiger partial charge >= 0.3 is 5.97 Å². The Labute approximate surface area is 151 Å². The van der Waals surface area contributed by atoms with Crippen molar-refractivity contribution in [1.82, 2.24) is 4.90 Å². The Morgan fingerprint density at radius 2 is 2.17 bits per heavy atom. The maximum Gasteiger partial charge on any atom is 0.341 e. The molecule has 128 valence electrons. The number of nitrogens with zero attached hydrogens (tertiary/aromatic N) is 2. The first-order valence-electron chi connectivity index (χ1n) is 6.74. The van der Waals surface area contributed by atoms with Gasteiger partial charge in [-0.2, -0.15) is 0 Å². The van der Waals surface area contributed by atoms with Crippen LogP contribution in [0.3, 0.4) is 0 Å². The van der Waals surface area contributed by atoms with E-state index in [9.17, 15) is 9.59 Å². The van der Waals surface area contributed by atoms with E-state index in [2.05, 4.69) is 20.9 Å². The molecule has 1 aliphatic heterocycles. The number of hydrogen-bond acceptors (Lipinski definition) is 6. The highest BCUT2D eigenvalue weighted by atomic mass is 79.9. The van der Waals surface area contributed by atoms with Gasteiger partial charge in [0, 0.05) is 18.6 Å². The molecule has 1 saturated heterocycles. The van der Waals surface area contributed by atoms with Crippen LogP contribution in [0.15, 0.2) is 26.5 Å². The van der Waals surface area contributed by atoms with Gasteiger partial charge in [0.25, 0.3) is 5.91 Å². The number of thioether (sulfide) groups is 1. The van der Waals surface area contributed by atoms with Crippen molar-refractivity contribution in [2.45, 2.75) is 0 Å². The zero-order chi connectivity index (χ0) is 17.9. The number of amidine groups is 1. The lowest BCUT2D eigenvalue weighted by Crippen LogP contribution is -2.23. The zero-order valence-corrected chi connectivity index (χ0v) is 15.6. The number of carboxylic acid groups (broad SMARTS) is 1. The quantitative estimate of drug-likeness (QED) is 0.744. The Hall–Kier alpha value is -2.00. The number of ether oxygens (including phenoxy) is 2. The van der Waals surface area contributed by atoms with Crippen molar-refractivity contribution in [3.63, 3.8) is 0 Å². The molecule has 0 bridgehead atoms. The molecule has 7 nitrogen and oxygen atoms in total. The molecule has 0 aromatic heterocycles. The number of rotatable bonds is 5. The van der Waals surface area contributed by atoms with Crippen molar-refractivity contribution in [3.05, 3.63) is 27.1 Å². The molecule has 0 aliphatic carbocycles. The summed E-state index contributed by atoms with van der Waals surface area (Å²) in [6, 6.07) is 3.28. The van der Waals surface area contributed by atoms with Crippen LogP contribution in [0.4, 0.5) is 0 Å². The minimum atomic E-state index is -1.08. The monoisotopic (exact) mass is 414 g/mol. The summed E-state index contributed by atoms with van der Waals surface area (Å²) in [5, 5.41) is 9.33. The SMILES string of the molecule is CN=C1S/C(=C/c2cc(OC)c(OCC(=O)O)cc2Br)C(=O)N1C. The maximum atomic E-state index is 12.2. The number of carbonyl (C=O) groups is 2. The van der Waals surface area contributed by atoms with Crippen molar-refractivity contribution in [2.75, 3.05) is 27.8 Å². The van der Waals surface area contributed by atoms with Crippen LogP contribution in [-0.2, 0) is 9.59 Å². The van der Waals surface area contributed by atoms with Crippen LogP contribution in [0.2, 0.25) is 0 Å². The van der Waals surface area contributed by atoms with Gasteiger partial charge in [-0.15, -0.1) is 0 Å². The summed E-state index contributed by atoms with van der Waals surface area (Å²) in [5.41, 5.74) is 0.705. The summed E-state index contributed by atoms with van der Waals surface area (Å²) in [6.45, 7) is -0.474. The number of aliphatic carboxylic acids is 1. The fraction of sp³-hybridized carbons (Fsp3) is 0.267. The molecule has 1 aliphatic rings. The first kappa shape index (κ1) is 18.3. The van der Waals surface area contributed by atoms with E-state index < -0.39 is 12.6 Å².